The number of amides is 2. The Bertz CT molecular complexity index is 458. The van der Waals surface area contributed by atoms with Crippen LogP contribution in [0, 0.1) is 0 Å². The zero-order chi connectivity index (χ0) is 13.1. The van der Waals surface area contributed by atoms with Gasteiger partial charge in [-0.1, -0.05) is 0 Å². The molecule has 6 heteroatoms. The van der Waals surface area contributed by atoms with Gasteiger partial charge in [-0.3, -0.25) is 4.79 Å². The Morgan fingerprint density at radius 1 is 1.56 bits per heavy atom. The minimum Gasteiger partial charge on any atom is -0.480 e. The number of fused-ring (bicyclic) bond motifs is 1. The smallest absolute Gasteiger partial charge is 0.323 e. The Morgan fingerprint density at radius 3 is 3.00 bits per heavy atom. The molecule has 5 nitrogen and oxygen atoms in total. The van der Waals surface area contributed by atoms with Crippen molar-refractivity contribution in [2.75, 3.05) is 19.6 Å². The lowest BCUT2D eigenvalue weighted by atomic mass is 10.1. The van der Waals surface area contributed by atoms with Crippen molar-refractivity contribution in [1.29, 1.82) is 0 Å². The SMILES string of the molecule is CCN(CC(=O)O)C(=O)N1CCc2sccc2C1. The van der Waals surface area contributed by atoms with Gasteiger partial charge in [-0.2, -0.15) is 0 Å². The summed E-state index contributed by atoms with van der Waals surface area (Å²) in [7, 11) is 0. The fraction of sp³-hybridized carbons (Fsp3) is 0.500. The summed E-state index contributed by atoms with van der Waals surface area (Å²) in [5.41, 5.74) is 1.19. The number of likely N-dealkylation sites (N-methyl/N-ethyl adjacent to an activating group) is 1. The first-order valence-corrected chi connectivity index (χ1v) is 6.80. The van der Waals surface area contributed by atoms with Crippen molar-refractivity contribution >= 4 is 23.3 Å². The molecule has 2 amide bonds. The van der Waals surface area contributed by atoms with Gasteiger partial charge < -0.3 is 14.9 Å². The highest BCUT2D eigenvalue weighted by Crippen LogP contribution is 2.24. The lowest BCUT2D eigenvalue weighted by Gasteiger charge is -2.31. The molecule has 0 saturated carbocycles. The van der Waals surface area contributed by atoms with Gasteiger partial charge in [-0.25, -0.2) is 4.79 Å². The normalized spacial score (nSPS) is 14.2. The van der Waals surface area contributed by atoms with Gasteiger partial charge in [0.25, 0.3) is 0 Å². The molecule has 0 aliphatic carbocycles. The Labute approximate surface area is 110 Å². The zero-order valence-corrected chi connectivity index (χ0v) is 11.1. The lowest BCUT2D eigenvalue weighted by Crippen LogP contribution is -2.46. The van der Waals surface area contributed by atoms with E-state index < -0.39 is 5.97 Å². The highest BCUT2D eigenvalue weighted by molar-refractivity contribution is 7.10. The molecular formula is C12H16N2O3S. The van der Waals surface area contributed by atoms with E-state index in [4.69, 9.17) is 5.11 Å². The molecule has 18 heavy (non-hydrogen) atoms. The van der Waals surface area contributed by atoms with Gasteiger partial charge >= 0.3 is 12.0 Å². The minimum atomic E-state index is -0.974. The fourth-order valence-electron chi connectivity index (χ4n) is 2.09. The van der Waals surface area contributed by atoms with Gasteiger partial charge in [0.1, 0.15) is 6.54 Å². The van der Waals surface area contributed by atoms with Crippen molar-refractivity contribution in [3.8, 4) is 0 Å². The molecule has 1 aliphatic heterocycles. The van der Waals surface area contributed by atoms with E-state index >= 15 is 0 Å². The van der Waals surface area contributed by atoms with Gasteiger partial charge in [0.05, 0.1) is 0 Å². The predicted molar refractivity (Wildman–Crippen MR) is 68.7 cm³/mol. The van der Waals surface area contributed by atoms with E-state index in [-0.39, 0.29) is 12.6 Å². The number of rotatable bonds is 3. The van der Waals surface area contributed by atoms with Crippen molar-refractivity contribution < 1.29 is 14.7 Å². The third-order valence-electron chi connectivity index (χ3n) is 3.06. The summed E-state index contributed by atoms with van der Waals surface area (Å²) in [6, 6.07) is 1.85. The Morgan fingerprint density at radius 2 is 2.33 bits per heavy atom. The lowest BCUT2D eigenvalue weighted by molar-refractivity contribution is -0.137. The quantitative estimate of drug-likeness (QED) is 0.906. The largest absolute Gasteiger partial charge is 0.480 e. The van der Waals surface area contributed by atoms with Crippen LogP contribution in [-0.4, -0.2) is 46.5 Å². The number of carboxylic acids is 1. The number of carboxylic acid groups (broad SMARTS) is 1. The highest BCUT2D eigenvalue weighted by atomic mass is 32.1. The summed E-state index contributed by atoms with van der Waals surface area (Å²) in [6.07, 6.45) is 0.864. The number of urea groups is 1. The van der Waals surface area contributed by atoms with Crippen LogP contribution in [0.1, 0.15) is 17.4 Å². The zero-order valence-electron chi connectivity index (χ0n) is 10.3. The van der Waals surface area contributed by atoms with Gasteiger partial charge in [0, 0.05) is 24.5 Å². The monoisotopic (exact) mass is 268 g/mol. The molecule has 98 valence electrons. The van der Waals surface area contributed by atoms with Crippen molar-refractivity contribution in [2.24, 2.45) is 0 Å². The number of hydrogen-bond donors (Lipinski definition) is 1. The molecule has 1 aromatic heterocycles. The van der Waals surface area contributed by atoms with Crippen LogP contribution in [0.3, 0.4) is 0 Å². The molecule has 0 fully saturated rings. The van der Waals surface area contributed by atoms with E-state index in [0.29, 0.717) is 19.6 Å². The predicted octanol–water partition coefficient (Wildman–Crippen LogP) is 1.63. The van der Waals surface area contributed by atoms with E-state index in [1.807, 2.05) is 11.4 Å². The van der Waals surface area contributed by atoms with Crippen LogP contribution in [-0.2, 0) is 17.8 Å². The molecule has 0 atom stereocenters. The Kier molecular flexibility index (Phi) is 3.86. The standard InChI is InChI=1S/C12H16N2O3S/c1-2-13(8-11(15)16)12(17)14-5-3-10-9(7-14)4-6-18-10/h4,6H,2-3,5,7-8H2,1H3,(H,15,16). The maximum atomic E-state index is 12.2. The molecule has 0 bridgehead atoms. The summed E-state index contributed by atoms with van der Waals surface area (Å²) in [5, 5.41) is 10.8. The summed E-state index contributed by atoms with van der Waals surface area (Å²) in [5.74, 6) is -0.974. The van der Waals surface area contributed by atoms with Crippen LogP contribution in [0.15, 0.2) is 11.4 Å². The molecule has 0 unspecified atom stereocenters. The number of carbonyl (C=O) groups excluding carboxylic acids is 1. The number of carbonyl (C=O) groups is 2. The van der Waals surface area contributed by atoms with Crippen molar-refractivity contribution in [3.63, 3.8) is 0 Å². The molecule has 0 spiro atoms. The number of hydrogen-bond acceptors (Lipinski definition) is 3. The molecule has 1 aliphatic rings. The van der Waals surface area contributed by atoms with Crippen LogP contribution in [0.25, 0.3) is 0 Å². The van der Waals surface area contributed by atoms with Crippen molar-refractivity contribution in [1.82, 2.24) is 9.80 Å². The second kappa shape index (κ2) is 5.39. The summed E-state index contributed by atoms with van der Waals surface area (Å²) >= 11 is 1.72. The molecule has 2 rings (SSSR count). The van der Waals surface area contributed by atoms with Crippen LogP contribution >= 0.6 is 11.3 Å². The second-order valence-corrected chi connectivity index (χ2v) is 5.23. The van der Waals surface area contributed by atoms with Crippen molar-refractivity contribution in [2.45, 2.75) is 19.9 Å². The maximum Gasteiger partial charge on any atom is 0.323 e. The number of aliphatic carboxylic acids is 1. The van der Waals surface area contributed by atoms with E-state index in [1.54, 1.807) is 23.2 Å². The van der Waals surface area contributed by atoms with Gasteiger partial charge in [0.15, 0.2) is 0 Å². The minimum absolute atomic E-state index is 0.184. The first-order chi connectivity index (χ1) is 8.61. The first-order valence-electron chi connectivity index (χ1n) is 5.92. The molecule has 1 aromatic rings. The van der Waals surface area contributed by atoms with Gasteiger partial charge in [-0.15, -0.1) is 11.3 Å². The topological polar surface area (TPSA) is 60.9 Å². The molecule has 1 N–H and O–H groups in total. The third kappa shape index (κ3) is 2.64. The Balaban J connectivity index is 2.04. The van der Waals surface area contributed by atoms with Crippen LogP contribution in [0.5, 0.6) is 0 Å². The first kappa shape index (κ1) is 12.9. The van der Waals surface area contributed by atoms with Crippen LogP contribution in [0.4, 0.5) is 4.79 Å². The average molecular weight is 268 g/mol. The van der Waals surface area contributed by atoms with E-state index in [0.717, 1.165) is 6.42 Å². The van der Waals surface area contributed by atoms with Crippen molar-refractivity contribution in [3.05, 3.63) is 21.9 Å². The molecular weight excluding hydrogens is 252 g/mol. The second-order valence-electron chi connectivity index (χ2n) is 4.23. The van der Waals surface area contributed by atoms with Crippen LogP contribution in [0.2, 0.25) is 0 Å². The number of thiophene rings is 1. The van der Waals surface area contributed by atoms with E-state index in [1.165, 1.54) is 15.3 Å². The summed E-state index contributed by atoms with van der Waals surface area (Å²) < 4.78 is 0. The van der Waals surface area contributed by atoms with Crippen LogP contribution < -0.4 is 0 Å². The molecule has 0 saturated heterocycles. The molecule has 0 aromatic carbocycles. The maximum absolute atomic E-state index is 12.2. The summed E-state index contributed by atoms with van der Waals surface area (Å²) in [6.45, 7) is 3.23. The average Bonchev–Trinajstić information content (AvgIpc) is 2.81. The molecule has 0 radical (unpaired) electrons. The highest BCUT2D eigenvalue weighted by Gasteiger charge is 2.25. The fourth-order valence-corrected chi connectivity index (χ4v) is 2.98. The Hall–Kier alpha value is -1.56. The summed E-state index contributed by atoms with van der Waals surface area (Å²) in [4.78, 5) is 27.3. The number of nitrogens with zero attached hydrogens (tertiary/aromatic N) is 2. The molecule has 2 heterocycles. The third-order valence-corrected chi connectivity index (χ3v) is 4.08. The van der Waals surface area contributed by atoms with Gasteiger partial charge in [0.2, 0.25) is 0 Å². The van der Waals surface area contributed by atoms with Gasteiger partial charge in [-0.05, 0) is 30.4 Å². The van der Waals surface area contributed by atoms with E-state index in [2.05, 4.69) is 0 Å². The van der Waals surface area contributed by atoms with E-state index in [9.17, 15) is 9.59 Å².